The summed E-state index contributed by atoms with van der Waals surface area (Å²) >= 11 is 0. The van der Waals surface area contributed by atoms with Crippen molar-refractivity contribution < 1.29 is 9.90 Å². The highest BCUT2D eigenvalue weighted by molar-refractivity contribution is 5.87. The molecule has 2 aliphatic rings. The number of amides is 1. The lowest BCUT2D eigenvalue weighted by atomic mass is 9.86. The van der Waals surface area contributed by atoms with Crippen molar-refractivity contribution in [2.24, 2.45) is 13.0 Å². The highest BCUT2D eigenvalue weighted by Crippen LogP contribution is 2.32. The van der Waals surface area contributed by atoms with Crippen LogP contribution in [-0.2, 0) is 11.8 Å². The van der Waals surface area contributed by atoms with Crippen molar-refractivity contribution >= 4 is 17.2 Å². The molecule has 10 nitrogen and oxygen atoms in total. The van der Waals surface area contributed by atoms with E-state index in [0.29, 0.717) is 18.7 Å². The topological polar surface area (TPSA) is 116 Å². The lowest BCUT2D eigenvalue weighted by Crippen LogP contribution is -2.51. The average Bonchev–Trinajstić information content (AvgIpc) is 3.59. The van der Waals surface area contributed by atoms with Crippen molar-refractivity contribution in [1.29, 1.82) is 5.26 Å². The minimum atomic E-state index is -0.251. The second kappa shape index (κ2) is 9.91. The van der Waals surface area contributed by atoms with Gasteiger partial charge in [0.15, 0.2) is 0 Å². The predicted molar refractivity (Wildman–Crippen MR) is 142 cm³/mol. The third-order valence-corrected chi connectivity index (χ3v) is 7.79. The number of hydrogen-bond donors (Lipinski definition) is 1. The fourth-order valence-electron chi connectivity index (χ4n) is 5.62. The molecule has 0 bridgehead atoms. The number of aromatic nitrogens is 5. The zero-order valence-electron chi connectivity index (χ0n) is 21.4. The van der Waals surface area contributed by atoms with Crippen molar-refractivity contribution in [3.8, 4) is 28.3 Å². The predicted octanol–water partition coefficient (Wildman–Crippen LogP) is 2.87. The molecule has 38 heavy (non-hydrogen) atoms. The van der Waals surface area contributed by atoms with Gasteiger partial charge >= 0.3 is 0 Å². The molecule has 1 aliphatic heterocycles. The second-order valence-corrected chi connectivity index (χ2v) is 10.2. The van der Waals surface area contributed by atoms with Crippen LogP contribution in [0.15, 0.2) is 49.2 Å². The summed E-state index contributed by atoms with van der Waals surface area (Å²) in [5.41, 5.74) is 4.95. The van der Waals surface area contributed by atoms with Crippen molar-refractivity contribution in [2.45, 2.75) is 31.8 Å². The van der Waals surface area contributed by atoms with E-state index in [2.05, 4.69) is 27.2 Å². The quantitative estimate of drug-likeness (QED) is 0.449. The van der Waals surface area contributed by atoms with Gasteiger partial charge in [0.05, 0.1) is 29.6 Å². The maximum atomic E-state index is 12.9. The average molecular weight is 511 g/mol. The van der Waals surface area contributed by atoms with Crippen LogP contribution in [0.3, 0.4) is 0 Å². The summed E-state index contributed by atoms with van der Waals surface area (Å²) in [4.78, 5) is 21.9. The first-order chi connectivity index (χ1) is 18.5. The standard InChI is InChI=1S/C28H30N8O2/c1-33-17-23(16-31-33)21-12-25(27-22(13-29)15-32-36(27)18-21)20-4-7-26(30-14-20)34-8-10-35(11-9-34)28(38)19-2-5-24(37)6-3-19/h4,7,12,14-19,24,37H,2-3,5-6,8-11H2,1H3/t19-,24-. The van der Waals surface area contributed by atoms with Crippen LogP contribution in [0.5, 0.6) is 0 Å². The minimum absolute atomic E-state index is 0.0449. The van der Waals surface area contributed by atoms with E-state index in [4.69, 9.17) is 4.98 Å². The smallest absolute Gasteiger partial charge is 0.225 e. The number of fused-ring (bicyclic) bond motifs is 1. The summed E-state index contributed by atoms with van der Waals surface area (Å²) in [5, 5.41) is 28.1. The molecular weight excluding hydrogens is 480 g/mol. The van der Waals surface area contributed by atoms with Crippen LogP contribution >= 0.6 is 0 Å². The molecular formula is C28H30N8O2. The van der Waals surface area contributed by atoms with Gasteiger partial charge in [-0.05, 0) is 43.9 Å². The third kappa shape index (κ3) is 4.50. The largest absolute Gasteiger partial charge is 0.393 e. The fourth-order valence-corrected chi connectivity index (χ4v) is 5.62. The van der Waals surface area contributed by atoms with Crippen molar-refractivity contribution in [1.82, 2.24) is 29.3 Å². The van der Waals surface area contributed by atoms with Crippen molar-refractivity contribution in [3.05, 3.63) is 54.7 Å². The molecule has 2 fully saturated rings. The summed E-state index contributed by atoms with van der Waals surface area (Å²) in [6.45, 7) is 2.82. The lowest BCUT2D eigenvalue weighted by molar-refractivity contribution is -0.137. The molecule has 1 saturated carbocycles. The fraction of sp³-hybridized carbons (Fsp3) is 0.393. The summed E-state index contributed by atoms with van der Waals surface area (Å²) in [5.74, 6) is 1.14. The van der Waals surface area contributed by atoms with Crippen LogP contribution in [0, 0.1) is 17.2 Å². The van der Waals surface area contributed by atoms with Crippen LogP contribution < -0.4 is 4.90 Å². The van der Waals surface area contributed by atoms with Gasteiger partial charge < -0.3 is 14.9 Å². The van der Waals surface area contributed by atoms with E-state index >= 15 is 0 Å². The molecule has 1 N–H and O–H groups in total. The van der Waals surface area contributed by atoms with Crippen LogP contribution in [0.2, 0.25) is 0 Å². The van der Waals surface area contributed by atoms with Gasteiger partial charge in [-0.25, -0.2) is 9.50 Å². The maximum Gasteiger partial charge on any atom is 0.225 e. The van der Waals surface area contributed by atoms with Gasteiger partial charge in [0.25, 0.3) is 0 Å². The van der Waals surface area contributed by atoms with Gasteiger partial charge in [-0.3, -0.25) is 9.48 Å². The Morgan fingerprint density at radius 2 is 1.76 bits per heavy atom. The van der Waals surface area contributed by atoms with Crippen LogP contribution in [0.4, 0.5) is 5.82 Å². The van der Waals surface area contributed by atoms with Gasteiger partial charge in [0, 0.05) is 80.0 Å². The Kier molecular flexibility index (Phi) is 6.29. The Balaban J connectivity index is 1.21. The number of rotatable bonds is 4. The van der Waals surface area contributed by atoms with E-state index in [1.165, 1.54) is 0 Å². The second-order valence-electron chi connectivity index (χ2n) is 10.2. The van der Waals surface area contributed by atoms with Gasteiger partial charge in [-0.2, -0.15) is 15.5 Å². The third-order valence-electron chi connectivity index (χ3n) is 7.79. The molecule has 194 valence electrons. The molecule has 0 unspecified atom stereocenters. The van der Waals surface area contributed by atoms with E-state index < -0.39 is 0 Å². The number of pyridine rings is 2. The van der Waals surface area contributed by atoms with Gasteiger partial charge in [0.1, 0.15) is 11.9 Å². The number of aliphatic hydroxyl groups excluding tert-OH is 1. The first-order valence-corrected chi connectivity index (χ1v) is 13.1. The monoisotopic (exact) mass is 510 g/mol. The Morgan fingerprint density at radius 1 is 0.974 bits per heavy atom. The molecule has 0 atom stereocenters. The number of piperazine rings is 1. The summed E-state index contributed by atoms with van der Waals surface area (Å²) in [6, 6.07) is 8.34. The zero-order chi connectivity index (χ0) is 26.2. The van der Waals surface area contributed by atoms with Crippen LogP contribution in [0.25, 0.3) is 27.8 Å². The Bertz CT molecular complexity index is 1500. The number of carbonyl (C=O) groups excluding carboxylic acids is 1. The highest BCUT2D eigenvalue weighted by Gasteiger charge is 2.30. The van der Waals surface area contributed by atoms with Gasteiger partial charge in [-0.1, -0.05) is 0 Å². The number of anilines is 1. The summed E-state index contributed by atoms with van der Waals surface area (Å²) in [6.07, 6.45) is 11.9. The number of hydrogen-bond acceptors (Lipinski definition) is 7. The normalized spacial score (nSPS) is 20.0. The molecule has 4 aromatic heterocycles. The Morgan fingerprint density at radius 3 is 2.42 bits per heavy atom. The van der Waals surface area contributed by atoms with E-state index in [-0.39, 0.29) is 17.9 Å². The lowest BCUT2D eigenvalue weighted by Gasteiger charge is -2.38. The molecule has 1 amide bonds. The maximum absolute atomic E-state index is 12.9. The Labute approximate surface area is 220 Å². The zero-order valence-corrected chi connectivity index (χ0v) is 21.4. The summed E-state index contributed by atoms with van der Waals surface area (Å²) in [7, 11) is 1.88. The van der Waals surface area contributed by atoms with Crippen molar-refractivity contribution in [2.75, 3.05) is 31.1 Å². The highest BCUT2D eigenvalue weighted by atomic mass is 16.3. The van der Waals surface area contributed by atoms with E-state index in [1.54, 1.807) is 15.4 Å². The molecule has 1 aliphatic carbocycles. The summed E-state index contributed by atoms with van der Waals surface area (Å²) < 4.78 is 3.50. The molecule has 0 radical (unpaired) electrons. The number of aliphatic hydroxyl groups is 1. The molecule has 1 saturated heterocycles. The molecule has 4 aromatic rings. The van der Waals surface area contributed by atoms with E-state index in [1.807, 2.05) is 48.9 Å². The SMILES string of the molecule is Cn1cc(-c2cc(-c3ccc(N4CCN(C(=O)[C@H]5CC[C@H](O)CC5)CC4)nc3)c3c(C#N)cnn3c2)cn1. The molecule has 0 aromatic carbocycles. The van der Waals surface area contributed by atoms with Gasteiger partial charge in [-0.15, -0.1) is 0 Å². The number of aryl methyl sites for hydroxylation is 1. The molecule has 10 heteroatoms. The first-order valence-electron chi connectivity index (χ1n) is 13.1. The number of carbonyl (C=O) groups is 1. The van der Waals surface area contributed by atoms with E-state index in [9.17, 15) is 15.2 Å². The Hall–Kier alpha value is -4.23. The number of nitrogens with zero attached hydrogens (tertiary/aromatic N) is 8. The van der Waals surface area contributed by atoms with E-state index in [0.717, 1.165) is 72.4 Å². The minimum Gasteiger partial charge on any atom is -0.393 e. The molecule has 5 heterocycles. The van der Waals surface area contributed by atoms with Gasteiger partial charge in [0.2, 0.25) is 5.91 Å². The molecule has 6 rings (SSSR count). The van der Waals surface area contributed by atoms with Crippen LogP contribution in [0.1, 0.15) is 31.2 Å². The van der Waals surface area contributed by atoms with Crippen molar-refractivity contribution in [3.63, 3.8) is 0 Å². The van der Waals surface area contributed by atoms with Crippen LogP contribution in [-0.4, -0.2) is 72.6 Å². The number of nitriles is 1. The first kappa shape index (κ1) is 24.1. The molecule has 0 spiro atoms.